The number of hydrogen-bond donors (Lipinski definition) is 2. The molecule has 1 aliphatic heterocycles. The number of H-pyrrole nitrogens is 1. The molecule has 1 aliphatic rings. The number of aromatic nitrogens is 2. The molecule has 1 aromatic carbocycles. The Labute approximate surface area is 147 Å². The van der Waals surface area contributed by atoms with Gasteiger partial charge in [-0.15, -0.1) is 0 Å². The molecule has 0 saturated carbocycles. The largest absolute Gasteiger partial charge is 0.366 e. The first-order chi connectivity index (χ1) is 12.0. The van der Waals surface area contributed by atoms with Crippen molar-refractivity contribution < 1.29 is 9.18 Å². The lowest BCUT2D eigenvalue weighted by Gasteiger charge is -2.37. The third kappa shape index (κ3) is 3.92. The van der Waals surface area contributed by atoms with Gasteiger partial charge in [0.1, 0.15) is 5.82 Å². The SMILES string of the molecule is CC.Cc1n[nH]c(C)c1N1CCN(c2cc(C(N)=O)ccc2F)CC1. The van der Waals surface area contributed by atoms with E-state index in [0.717, 1.165) is 30.2 Å². The van der Waals surface area contributed by atoms with E-state index in [1.165, 1.54) is 18.2 Å². The molecule has 0 spiro atoms. The summed E-state index contributed by atoms with van der Waals surface area (Å²) in [5.41, 5.74) is 9.17. The van der Waals surface area contributed by atoms with Crippen molar-refractivity contribution in [1.82, 2.24) is 10.2 Å². The third-order valence-corrected chi connectivity index (χ3v) is 4.26. The standard InChI is InChI=1S/C16H20FN5O.C2H6/c1-10-15(11(2)20-19-10)22-7-5-21(6-8-22)14-9-12(16(18)23)3-4-13(14)17;1-2/h3-4,9H,5-8H2,1-2H3,(H2,18,23)(H,19,20);1-2H3. The number of piperazine rings is 1. The molecule has 2 aromatic rings. The number of nitrogens with two attached hydrogens (primary N) is 1. The number of hydrogen-bond acceptors (Lipinski definition) is 4. The maximum atomic E-state index is 14.1. The van der Waals surface area contributed by atoms with E-state index in [1.54, 1.807) is 0 Å². The number of aromatic amines is 1. The van der Waals surface area contributed by atoms with Crippen LogP contribution in [0.5, 0.6) is 0 Å². The number of nitrogens with one attached hydrogen (secondary N) is 1. The minimum atomic E-state index is -0.547. The summed E-state index contributed by atoms with van der Waals surface area (Å²) in [4.78, 5) is 15.5. The molecule has 6 nitrogen and oxygen atoms in total. The fraction of sp³-hybridized carbons (Fsp3) is 0.444. The molecular formula is C18H26FN5O. The molecule has 0 bridgehead atoms. The van der Waals surface area contributed by atoms with Crippen LogP contribution in [0.4, 0.5) is 15.8 Å². The van der Waals surface area contributed by atoms with E-state index in [9.17, 15) is 9.18 Å². The second kappa shape index (κ2) is 8.00. The Bertz CT molecular complexity index is 716. The number of carbonyl (C=O) groups is 1. The van der Waals surface area contributed by atoms with Gasteiger partial charge in [-0.3, -0.25) is 9.89 Å². The summed E-state index contributed by atoms with van der Waals surface area (Å²) in [6.07, 6.45) is 0. The zero-order valence-corrected chi connectivity index (χ0v) is 15.3. The van der Waals surface area contributed by atoms with E-state index < -0.39 is 5.91 Å². The van der Waals surface area contributed by atoms with Gasteiger partial charge in [0.15, 0.2) is 0 Å². The molecule has 0 unspecified atom stereocenters. The topological polar surface area (TPSA) is 78.2 Å². The normalized spacial score (nSPS) is 14.1. The molecule has 3 N–H and O–H groups in total. The number of carbonyl (C=O) groups excluding carboxylic acids is 1. The Morgan fingerprint density at radius 2 is 1.76 bits per heavy atom. The first kappa shape index (κ1) is 18.8. The Morgan fingerprint density at radius 3 is 2.28 bits per heavy atom. The molecule has 1 aromatic heterocycles. The van der Waals surface area contributed by atoms with E-state index in [0.29, 0.717) is 24.3 Å². The Morgan fingerprint density at radius 1 is 1.16 bits per heavy atom. The molecule has 1 amide bonds. The zero-order valence-electron chi connectivity index (χ0n) is 15.3. The summed E-state index contributed by atoms with van der Waals surface area (Å²) in [6.45, 7) is 10.8. The summed E-state index contributed by atoms with van der Waals surface area (Å²) in [6, 6.07) is 4.24. The van der Waals surface area contributed by atoms with Crippen LogP contribution in [0.15, 0.2) is 18.2 Å². The molecule has 0 radical (unpaired) electrons. The highest BCUT2D eigenvalue weighted by molar-refractivity contribution is 5.93. The fourth-order valence-corrected chi connectivity index (χ4v) is 3.09. The van der Waals surface area contributed by atoms with Gasteiger partial charge >= 0.3 is 0 Å². The maximum Gasteiger partial charge on any atom is 0.248 e. The first-order valence-electron chi connectivity index (χ1n) is 8.58. The van der Waals surface area contributed by atoms with Crippen LogP contribution in [0.3, 0.4) is 0 Å². The summed E-state index contributed by atoms with van der Waals surface area (Å²) in [5, 5.41) is 7.21. The van der Waals surface area contributed by atoms with Gasteiger partial charge in [0.2, 0.25) is 5.91 Å². The Hall–Kier alpha value is -2.57. The number of primary amides is 1. The minimum absolute atomic E-state index is 0.324. The zero-order chi connectivity index (χ0) is 18.6. The quantitative estimate of drug-likeness (QED) is 0.895. The average molecular weight is 347 g/mol. The molecule has 136 valence electrons. The van der Waals surface area contributed by atoms with Gasteiger partial charge in [0, 0.05) is 31.7 Å². The van der Waals surface area contributed by atoms with Crippen molar-refractivity contribution in [3.63, 3.8) is 0 Å². The van der Waals surface area contributed by atoms with Crippen molar-refractivity contribution in [3.05, 3.63) is 41.0 Å². The van der Waals surface area contributed by atoms with Gasteiger partial charge in [-0.1, -0.05) is 13.8 Å². The van der Waals surface area contributed by atoms with Gasteiger partial charge < -0.3 is 15.5 Å². The lowest BCUT2D eigenvalue weighted by atomic mass is 10.1. The number of amides is 1. The number of nitrogens with zero attached hydrogens (tertiary/aromatic N) is 3. The van der Waals surface area contributed by atoms with E-state index in [-0.39, 0.29) is 5.82 Å². The Balaban J connectivity index is 0.00000109. The molecule has 2 heterocycles. The lowest BCUT2D eigenvalue weighted by molar-refractivity contribution is 0.100. The monoisotopic (exact) mass is 347 g/mol. The molecule has 7 heteroatoms. The summed E-state index contributed by atoms with van der Waals surface area (Å²) in [5.74, 6) is -0.881. The van der Waals surface area contributed by atoms with Gasteiger partial charge in [0.05, 0.1) is 22.8 Å². The summed E-state index contributed by atoms with van der Waals surface area (Å²) < 4.78 is 14.1. The average Bonchev–Trinajstić information content (AvgIpc) is 2.96. The van der Waals surface area contributed by atoms with Crippen molar-refractivity contribution in [1.29, 1.82) is 0 Å². The molecular weight excluding hydrogens is 321 g/mol. The third-order valence-electron chi connectivity index (χ3n) is 4.26. The second-order valence-corrected chi connectivity index (χ2v) is 5.79. The van der Waals surface area contributed by atoms with E-state index in [2.05, 4.69) is 15.1 Å². The predicted octanol–water partition coefficient (Wildman–Crippen LogP) is 2.62. The second-order valence-electron chi connectivity index (χ2n) is 5.79. The molecule has 25 heavy (non-hydrogen) atoms. The van der Waals surface area contributed by atoms with Crippen molar-refractivity contribution in [2.24, 2.45) is 5.73 Å². The highest BCUT2D eigenvalue weighted by Gasteiger charge is 2.23. The van der Waals surface area contributed by atoms with Crippen molar-refractivity contribution in [2.45, 2.75) is 27.7 Å². The van der Waals surface area contributed by atoms with Crippen LogP contribution in [-0.2, 0) is 0 Å². The van der Waals surface area contributed by atoms with Gasteiger partial charge in [-0.05, 0) is 32.0 Å². The van der Waals surface area contributed by atoms with Gasteiger partial charge in [-0.25, -0.2) is 4.39 Å². The van der Waals surface area contributed by atoms with E-state index in [1.807, 2.05) is 32.6 Å². The minimum Gasteiger partial charge on any atom is -0.366 e. The van der Waals surface area contributed by atoms with Crippen LogP contribution >= 0.6 is 0 Å². The fourth-order valence-electron chi connectivity index (χ4n) is 3.09. The highest BCUT2D eigenvalue weighted by Crippen LogP contribution is 2.26. The first-order valence-corrected chi connectivity index (χ1v) is 8.58. The van der Waals surface area contributed by atoms with E-state index >= 15 is 0 Å². The number of rotatable bonds is 3. The van der Waals surface area contributed by atoms with Crippen molar-refractivity contribution in [3.8, 4) is 0 Å². The predicted molar refractivity (Wildman–Crippen MR) is 98.8 cm³/mol. The van der Waals surface area contributed by atoms with Crippen LogP contribution in [-0.4, -0.2) is 42.3 Å². The smallest absolute Gasteiger partial charge is 0.248 e. The summed E-state index contributed by atoms with van der Waals surface area (Å²) >= 11 is 0. The Kier molecular flexibility index (Phi) is 6.01. The van der Waals surface area contributed by atoms with Gasteiger partial charge in [0.25, 0.3) is 0 Å². The molecule has 1 saturated heterocycles. The molecule has 3 rings (SSSR count). The highest BCUT2D eigenvalue weighted by atomic mass is 19.1. The lowest BCUT2D eigenvalue weighted by Crippen LogP contribution is -2.47. The van der Waals surface area contributed by atoms with E-state index in [4.69, 9.17) is 5.73 Å². The number of anilines is 2. The maximum absolute atomic E-state index is 14.1. The van der Waals surface area contributed by atoms with Crippen LogP contribution in [0.2, 0.25) is 0 Å². The molecule has 1 fully saturated rings. The van der Waals surface area contributed by atoms with Crippen LogP contribution < -0.4 is 15.5 Å². The van der Waals surface area contributed by atoms with Gasteiger partial charge in [-0.2, -0.15) is 5.10 Å². The van der Waals surface area contributed by atoms with Crippen molar-refractivity contribution in [2.75, 3.05) is 36.0 Å². The van der Waals surface area contributed by atoms with Crippen LogP contribution in [0.25, 0.3) is 0 Å². The molecule has 0 aliphatic carbocycles. The molecule has 0 atom stereocenters. The van der Waals surface area contributed by atoms with Crippen molar-refractivity contribution >= 4 is 17.3 Å². The number of halogens is 1. The van der Waals surface area contributed by atoms with Crippen LogP contribution in [0, 0.1) is 19.7 Å². The number of benzene rings is 1. The number of aryl methyl sites for hydroxylation is 2. The summed E-state index contributed by atoms with van der Waals surface area (Å²) in [7, 11) is 0. The van der Waals surface area contributed by atoms with Crippen LogP contribution in [0.1, 0.15) is 35.6 Å².